The SMILES string of the molecule is CCOC(=O)c1nn(-c2ccc([N+](=O)[O-])cc2[N+](=O)[O-])cc1C1C(C(=O)OC)=C(C)NC(C)=C1C(=O)OCc1ccccc1. The number of nitrogens with zero attached hydrogens (tertiary/aromatic N) is 4. The molecule has 15 nitrogen and oxygen atoms in total. The molecule has 1 aliphatic rings. The van der Waals surface area contributed by atoms with Gasteiger partial charge in [0.05, 0.1) is 46.7 Å². The van der Waals surface area contributed by atoms with Crippen LogP contribution in [0.3, 0.4) is 0 Å². The Morgan fingerprint density at radius 3 is 2.18 bits per heavy atom. The van der Waals surface area contributed by atoms with Crippen molar-refractivity contribution in [1.29, 1.82) is 0 Å². The molecule has 2 aromatic carbocycles. The Morgan fingerprint density at radius 1 is 0.932 bits per heavy atom. The van der Waals surface area contributed by atoms with Gasteiger partial charge < -0.3 is 19.5 Å². The Labute approximate surface area is 250 Å². The van der Waals surface area contributed by atoms with Gasteiger partial charge in [-0.15, -0.1) is 0 Å². The van der Waals surface area contributed by atoms with Crippen LogP contribution in [-0.4, -0.2) is 51.3 Å². The summed E-state index contributed by atoms with van der Waals surface area (Å²) in [7, 11) is 1.15. The first kappa shape index (κ1) is 31.1. The molecule has 15 heteroatoms. The van der Waals surface area contributed by atoms with Crippen LogP contribution in [0.5, 0.6) is 0 Å². The Balaban J connectivity index is 1.94. The Bertz CT molecular complexity index is 1730. The monoisotopic (exact) mass is 605 g/mol. The third-order valence-corrected chi connectivity index (χ3v) is 6.73. The molecule has 44 heavy (non-hydrogen) atoms. The fraction of sp³-hybridized carbons (Fsp3) is 0.241. The third kappa shape index (κ3) is 6.16. The lowest BCUT2D eigenvalue weighted by Gasteiger charge is -2.29. The van der Waals surface area contributed by atoms with Crippen LogP contribution in [-0.2, 0) is 30.4 Å². The zero-order valence-electron chi connectivity index (χ0n) is 24.1. The maximum atomic E-state index is 13.7. The van der Waals surface area contributed by atoms with E-state index in [1.165, 1.54) is 6.20 Å². The predicted octanol–water partition coefficient (Wildman–Crippen LogP) is 4.02. The quantitative estimate of drug-likeness (QED) is 0.151. The maximum Gasteiger partial charge on any atom is 0.359 e. The smallest absolute Gasteiger partial charge is 0.359 e. The summed E-state index contributed by atoms with van der Waals surface area (Å²) in [4.78, 5) is 61.6. The summed E-state index contributed by atoms with van der Waals surface area (Å²) in [5.41, 5.74) is -0.600. The number of carbonyl (C=O) groups excluding carboxylic acids is 3. The van der Waals surface area contributed by atoms with E-state index in [1.807, 2.05) is 0 Å². The molecule has 1 aromatic heterocycles. The summed E-state index contributed by atoms with van der Waals surface area (Å²) in [5.74, 6) is -3.88. The van der Waals surface area contributed by atoms with Gasteiger partial charge in [-0.3, -0.25) is 20.2 Å². The van der Waals surface area contributed by atoms with Crippen LogP contribution >= 0.6 is 0 Å². The highest BCUT2D eigenvalue weighted by molar-refractivity contribution is 6.01. The van der Waals surface area contributed by atoms with Gasteiger partial charge in [0, 0.05) is 29.2 Å². The summed E-state index contributed by atoms with van der Waals surface area (Å²) in [6, 6.07) is 11.8. The van der Waals surface area contributed by atoms with Crippen molar-refractivity contribution in [2.24, 2.45) is 0 Å². The molecule has 0 bridgehead atoms. The molecule has 0 saturated heterocycles. The molecule has 0 aliphatic carbocycles. The third-order valence-electron chi connectivity index (χ3n) is 6.73. The molecule has 3 aromatic rings. The summed E-state index contributed by atoms with van der Waals surface area (Å²) in [6.07, 6.45) is 1.23. The second kappa shape index (κ2) is 13.0. The van der Waals surface area contributed by atoms with Crippen molar-refractivity contribution in [3.8, 4) is 5.69 Å². The minimum Gasteiger partial charge on any atom is -0.466 e. The van der Waals surface area contributed by atoms with Crippen LogP contribution in [0.4, 0.5) is 11.4 Å². The van der Waals surface area contributed by atoms with E-state index in [2.05, 4.69) is 10.4 Å². The first-order valence-electron chi connectivity index (χ1n) is 13.2. The highest BCUT2D eigenvalue weighted by Crippen LogP contribution is 2.41. The molecular weight excluding hydrogens is 578 g/mol. The highest BCUT2D eigenvalue weighted by atomic mass is 16.6. The van der Waals surface area contributed by atoms with Crippen LogP contribution < -0.4 is 5.32 Å². The first-order chi connectivity index (χ1) is 21.0. The van der Waals surface area contributed by atoms with Crippen molar-refractivity contribution < 1.29 is 38.4 Å². The number of nitrogens with one attached hydrogen (secondary N) is 1. The topological polar surface area (TPSA) is 195 Å². The summed E-state index contributed by atoms with van der Waals surface area (Å²) in [5, 5.41) is 30.4. The number of carbonyl (C=O) groups is 3. The van der Waals surface area contributed by atoms with Gasteiger partial charge in [0.1, 0.15) is 12.3 Å². The fourth-order valence-electron chi connectivity index (χ4n) is 4.80. The van der Waals surface area contributed by atoms with Gasteiger partial charge in [0.25, 0.3) is 5.69 Å². The van der Waals surface area contributed by atoms with Gasteiger partial charge >= 0.3 is 23.6 Å². The lowest BCUT2D eigenvalue weighted by molar-refractivity contribution is -0.394. The molecule has 0 spiro atoms. The largest absolute Gasteiger partial charge is 0.466 e. The number of non-ortho nitro benzene ring substituents is 1. The number of methoxy groups -OCH3 is 1. The first-order valence-corrected chi connectivity index (χ1v) is 13.2. The van der Waals surface area contributed by atoms with Crippen molar-refractivity contribution >= 4 is 29.3 Å². The normalized spacial score (nSPS) is 14.5. The van der Waals surface area contributed by atoms with Gasteiger partial charge in [-0.1, -0.05) is 30.3 Å². The van der Waals surface area contributed by atoms with E-state index in [0.717, 1.165) is 30.0 Å². The number of ether oxygens (including phenoxy) is 3. The van der Waals surface area contributed by atoms with Crippen LogP contribution in [0.1, 0.15) is 48.3 Å². The molecule has 1 aliphatic heterocycles. The molecule has 1 N–H and O–H groups in total. The number of dihydropyridines is 1. The van der Waals surface area contributed by atoms with Gasteiger partial charge in [-0.25, -0.2) is 19.1 Å². The van der Waals surface area contributed by atoms with Crippen LogP contribution in [0, 0.1) is 20.2 Å². The molecule has 228 valence electrons. The van der Waals surface area contributed by atoms with E-state index in [1.54, 1.807) is 51.1 Å². The van der Waals surface area contributed by atoms with Crippen molar-refractivity contribution in [1.82, 2.24) is 15.1 Å². The van der Waals surface area contributed by atoms with Crippen molar-refractivity contribution in [2.75, 3.05) is 13.7 Å². The van der Waals surface area contributed by atoms with E-state index >= 15 is 0 Å². The predicted molar refractivity (Wildman–Crippen MR) is 152 cm³/mol. The number of hydrogen-bond donors (Lipinski definition) is 1. The Hall–Kier alpha value is -5.86. The molecule has 1 atom stereocenters. The zero-order chi connectivity index (χ0) is 32.1. The molecule has 1 unspecified atom stereocenters. The number of nitro groups is 2. The van der Waals surface area contributed by atoms with Gasteiger partial charge in [-0.2, -0.15) is 5.10 Å². The van der Waals surface area contributed by atoms with Gasteiger partial charge in [-0.05, 0) is 32.4 Å². The van der Waals surface area contributed by atoms with E-state index in [4.69, 9.17) is 14.2 Å². The fourth-order valence-corrected chi connectivity index (χ4v) is 4.80. The average Bonchev–Trinajstić information content (AvgIpc) is 3.44. The van der Waals surface area contributed by atoms with Gasteiger partial charge in [0.15, 0.2) is 5.69 Å². The highest BCUT2D eigenvalue weighted by Gasteiger charge is 2.41. The van der Waals surface area contributed by atoms with E-state index < -0.39 is 45.0 Å². The number of allylic oxidation sites excluding steroid dienone is 2. The summed E-state index contributed by atoms with van der Waals surface area (Å²) < 4.78 is 16.8. The second-order valence-corrected chi connectivity index (χ2v) is 9.47. The molecule has 0 saturated carbocycles. The number of hydrogen-bond acceptors (Lipinski definition) is 12. The molecule has 0 radical (unpaired) electrons. The number of aromatic nitrogens is 2. The Morgan fingerprint density at radius 2 is 1.59 bits per heavy atom. The molecular formula is C29H27N5O10. The number of rotatable bonds is 10. The lowest BCUT2D eigenvalue weighted by Crippen LogP contribution is -2.32. The van der Waals surface area contributed by atoms with E-state index in [-0.39, 0.29) is 41.3 Å². The average molecular weight is 606 g/mol. The van der Waals surface area contributed by atoms with E-state index in [0.29, 0.717) is 17.0 Å². The standard InChI is InChI=1S/C29H27N5O10/c1-5-43-29(37)26-20(14-32(31-26)21-12-11-19(33(38)39)13-22(21)34(40)41)25-23(27(35)42-4)16(2)30-17(3)24(25)28(36)44-15-18-9-7-6-8-10-18/h6-14,25,30H,5,15H2,1-4H3. The summed E-state index contributed by atoms with van der Waals surface area (Å²) >= 11 is 0. The molecule has 0 amide bonds. The van der Waals surface area contributed by atoms with E-state index in [9.17, 15) is 34.6 Å². The zero-order valence-corrected chi connectivity index (χ0v) is 24.1. The van der Waals surface area contributed by atoms with Crippen LogP contribution in [0.25, 0.3) is 5.69 Å². The van der Waals surface area contributed by atoms with Crippen LogP contribution in [0.2, 0.25) is 0 Å². The summed E-state index contributed by atoms with van der Waals surface area (Å²) in [6.45, 7) is 4.55. The number of nitro benzene ring substituents is 2. The van der Waals surface area contributed by atoms with Gasteiger partial charge in [0.2, 0.25) is 0 Å². The molecule has 4 rings (SSSR count). The minimum atomic E-state index is -1.29. The molecule has 2 heterocycles. The number of benzene rings is 2. The van der Waals surface area contributed by atoms with Crippen molar-refractivity contribution in [3.05, 3.63) is 114 Å². The Kier molecular flexibility index (Phi) is 9.17. The number of esters is 3. The lowest BCUT2D eigenvalue weighted by atomic mass is 9.80. The molecule has 0 fully saturated rings. The maximum absolute atomic E-state index is 13.7. The minimum absolute atomic E-state index is 0.0247. The van der Waals surface area contributed by atoms with Crippen LogP contribution in [0.15, 0.2) is 77.3 Å². The van der Waals surface area contributed by atoms with Crippen molar-refractivity contribution in [3.63, 3.8) is 0 Å². The van der Waals surface area contributed by atoms with Crippen molar-refractivity contribution in [2.45, 2.75) is 33.3 Å². The second-order valence-electron chi connectivity index (χ2n) is 9.47.